The van der Waals surface area contributed by atoms with Crippen LogP contribution in [-0.4, -0.2) is 23.7 Å². The first-order chi connectivity index (χ1) is 12.1. The fourth-order valence-electron chi connectivity index (χ4n) is 3.58. The van der Waals surface area contributed by atoms with Crippen molar-refractivity contribution in [2.24, 2.45) is 11.3 Å². The van der Waals surface area contributed by atoms with E-state index < -0.39 is 6.09 Å². The van der Waals surface area contributed by atoms with Gasteiger partial charge in [0.05, 0.1) is 5.56 Å². The average molecular weight is 378 g/mol. The van der Waals surface area contributed by atoms with Gasteiger partial charge in [0.2, 0.25) is 5.91 Å². The molecule has 0 spiro atoms. The number of carboxylic acid groups (broad SMARTS) is 1. The molecule has 1 aromatic rings. The monoisotopic (exact) mass is 377 g/mol. The smallest absolute Gasteiger partial charge is 0.412 e. The lowest BCUT2D eigenvalue weighted by Gasteiger charge is -2.37. The number of hydrogen-bond donors (Lipinski definition) is 2. The van der Waals surface area contributed by atoms with Crippen molar-refractivity contribution in [1.29, 1.82) is 5.26 Å². The number of nitrogens with one attached hydrogen (secondary N) is 1. The number of carbonyl (C=O) groups is 2. The van der Waals surface area contributed by atoms with Crippen molar-refractivity contribution in [1.82, 2.24) is 0 Å². The number of nitrogens with zero attached hydrogens (tertiary/aromatic N) is 2. The molecule has 142 valence electrons. The zero-order valence-corrected chi connectivity index (χ0v) is 16.9. The molecule has 0 aliphatic carbocycles. The predicted molar refractivity (Wildman–Crippen MR) is 104 cm³/mol. The number of carbonyl (C=O) groups excluding carboxylic acids is 1. The molecule has 2 N–H and O–H groups in total. The molecule has 0 saturated carbocycles. The van der Waals surface area contributed by atoms with Crippen molar-refractivity contribution in [2.45, 2.75) is 59.8 Å². The number of nitriles is 1. The average Bonchev–Trinajstić information content (AvgIpc) is 2.91. The summed E-state index contributed by atoms with van der Waals surface area (Å²) in [6.07, 6.45) is 1.08. The first-order valence-electron chi connectivity index (χ1n) is 9.03. The fraction of sp³-hybridized carbons (Fsp3) is 0.632. The van der Waals surface area contributed by atoms with E-state index >= 15 is 0 Å². The molecule has 0 saturated heterocycles. The number of thiophene rings is 1. The Labute approximate surface area is 158 Å². The standard InChI is InChI=1S/C19H27N3O3S/c1-6-11(7-2)15(23)21-16-12(10-20)14-13(19(3,4)5)8-9-22(18(24)25)17(14)26-16/h11,13H,6-9H2,1-5H3,(H,21,23)(H,24,25). The van der Waals surface area contributed by atoms with Gasteiger partial charge in [-0.15, -0.1) is 0 Å². The Morgan fingerprint density at radius 3 is 2.46 bits per heavy atom. The third-order valence-electron chi connectivity index (χ3n) is 5.14. The van der Waals surface area contributed by atoms with Crippen LogP contribution in [-0.2, 0) is 4.79 Å². The van der Waals surface area contributed by atoms with E-state index in [2.05, 4.69) is 32.2 Å². The first-order valence-corrected chi connectivity index (χ1v) is 9.85. The third kappa shape index (κ3) is 3.70. The molecular weight excluding hydrogens is 350 g/mol. The summed E-state index contributed by atoms with van der Waals surface area (Å²) in [6.45, 7) is 10.6. The Balaban J connectivity index is 2.55. The molecule has 2 heterocycles. The Bertz CT molecular complexity index is 738. The Hall–Kier alpha value is -2.07. The van der Waals surface area contributed by atoms with E-state index in [4.69, 9.17) is 0 Å². The number of hydrogen-bond acceptors (Lipinski definition) is 4. The van der Waals surface area contributed by atoms with Gasteiger partial charge in [-0.05, 0) is 30.6 Å². The molecule has 6 nitrogen and oxygen atoms in total. The van der Waals surface area contributed by atoms with E-state index in [0.717, 1.165) is 18.4 Å². The van der Waals surface area contributed by atoms with Crippen molar-refractivity contribution in [2.75, 3.05) is 16.8 Å². The quantitative estimate of drug-likeness (QED) is 0.771. The molecule has 1 atom stereocenters. The van der Waals surface area contributed by atoms with Crippen molar-refractivity contribution in [3.8, 4) is 6.07 Å². The van der Waals surface area contributed by atoms with Gasteiger partial charge in [0, 0.05) is 18.0 Å². The van der Waals surface area contributed by atoms with Crippen LogP contribution in [0.25, 0.3) is 0 Å². The van der Waals surface area contributed by atoms with E-state index in [1.807, 2.05) is 13.8 Å². The van der Waals surface area contributed by atoms with Crippen molar-refractivity contribution < 1.29 is 14.7 Å². The highest BCUT2D eigenvalue weighted by Crippen LogP contribution is 2.52. The lowest BCUT2D eigenvalue weighted by molar-refractivity contribution is -0.120. The van der Waals surface area contributed by atoms with Crippen molar-refractivity contribution in [3.05, 3.63) is 11.1 Å². The molecule has 0 radical (unpaired) electrons. The van der Waals surface area contributed by atoms with E-state index in [9.17, 15) is 20.0 Å². The number of rotatable bonds is 4. The topological polar surface area (TPSA) is 93.4 Å². The molecule has 2 rings (SSSR count). The molecule has 1 aliphatic rings. The van der Waals surface area contributed by atoms with Crippen LogP contribution < -0.4 is 10.2 Å². The zero-order valence-electron chi connectivity index (χ0n) is 16.0. The minimum Gasteiger partial charge on any atom is -0.465 e. The minimum absolute atomic E-state index is 0.0674. The SMILES string of the molecule is CCC(CC)C(=O)Nc1sc2c(c1C#N)C(C(C)(C)C)CCN2C(=O)O. The van der Waals surface area contributed by atoms with Crippen LogP contribution in [0, 0.1) is 22.7 Å². The maximum absolute atomic E-state index is 12.5. The Morgan fingerprint density at radius 1 is 1.38 bits per heavy atom. The van der Waals surface area contributed by atoms with Crippen molar-refractivity contribution in [3.63, 3.8) is 0 Å². The zero-order chi connectivity index (χ0) is 19.6. The summed E-state index contributed by atoms with van der Waals surface area (Å²) in [5.41, 5.74) is 1.07. The summed E-state index contributed by atoms with van der Waals surface area (Å²) in [5.74, 6) is -0.160. The predicted octanol–water partition coefficient (Wildman–Crippen LogP) is 5.01. The molecule has 1 unspecified atom stereocenters. The maximum atomic E-state index is 12.5. The summed E-state index contributed by atoms with van der Waals surface area (Å²) in [5, 5.41) is 23.3. The van der Waals surface area contributed by atoms with Gasteiger partial charge in [0.1, 0.15) is 16.1 Å². The first kappa shape index (κ1) is 20.2. The highest BCUT2D eigenvalue weighted by molar-refractivity contribution is 7.20. The van der Waals surface area contributed by atoms with Crippen LogP contribution in [0.15, 0.2) is 0 Å². The molecule has 2 amide bonds. The molecule has 0 aromatic carbocycles. The van der Waals surface area contributed by atoms with Crippen LogP contribution >= 0.6 is 11.3 Å². The van der Waals surface area contributed by atoms with Crippen LogP contribution in [0.1, 0.15) is 70.9 Å². The summed E-state index contributed by atoms with van der Waals surface area (Å²) in [4.78, 5) is 25.5. The van der Waals surface area contributed by atoms with E-state index in [0.29, 0.717) is 28.5 Å². The number of anilines is 2. The lowest BCUT2D eigenvalue weighted by Crippen LogP contribution is -2.37. The maximum Gasteiger partial charge on any atom is 0.412 e. The number of amides is 2. The highest BCUT2D eigenvalue weighted by Gasteiger charge is 2.40. The summed E-state index contributed by atoms with van der Waals surface area (Å²) in [6, 6.07) is 2.22. The number of fused-ring (bicyclic) bond motifs is 1. The molecule has 1 aliphatic heterocycles. The minimum atomic E-state index is -1.03. The van der Waals surface area contributed by atoms with Gasteiger partial charge in [0.15, 0.2) is 0 Å². The van der Waals surface area contributed by atoms with Crippen LogP contribution in [0.2, 0.25) is 0 Å². The molecule has 0 bridgehead atoms. The summed E-state index contributed by atoms with van der Waals surface area (Å²) in [7, 11) is 0. The molecular formula is C19H27N3O3S. The third-order valence-corrected chi connectivity index (χ3v) is 6.29. The van der Waals surface area contributed by atoms with Gasteiger partial charge < -0.3 is 10.4 Å². The van der Waals surface area contributed by atoms with Gasteiger partial charge in [-0.3, -0.25) is 9.69 Å². The highest BCUT2D eigenvalue weighted by atomic mass is 32.1. The van der Waals surface area contributed by atoms with E-state index in [1.165, 1.54) is 16.2 Å². The second-order valence-corrected chi connectivity index (χ2v) is 8.78. The molecule has 7 heteroatoms. The largest absolute Gasteiger partial charge is 0.465 e. The van der Waals surface area contributed by atoms with Crippen LogP contribution in [0.4, 0.5) is 14.8 Å². The fourth-order valence-corrected chi connectivity index (χ4v) is 4.82. The Morgan fingerprint density at radius 2 is 2.00 bits per heavy atom. The van der Waals surface area contributed by atoms with Gasteiger partial charge in [-0.25, -0.2) is 4.79 Å². The van der Waals surface area contributed by atoms with Gasteiger partial charge >= 0.3 is 6.09 Å². The lowest BCUT2D eigenvalue weighted by atomic mass is 9.72. The summed E-state index contributed by atoms with van der Waals surface area (Å²) >= 11 is 1.20. The molecule has 26 heavy (non-hydrogen) atoms. The normalized spacial score (nSPS) is 17.0. The second kappa shape index (κ2) is 7.67. The van der Waals surface area contributed by atoms with Crippen molar-refractivity contribution >= 4 is 33.3 Å². The van der Waals surface area contributed by atoms with E-state index in [1.54, 1.807) is 0 Å². The molecule has 1 aromatic heterocycles. The molecule has 0 fully saturated rings. The van der Waals surface area contributed by atoms with Crippen LogP contribution in [0.3, 0.4) is 0 Å². The summed E-state index contributed by atoms with van der Waals surface area (Å²) < 4.78 is 0. The van der Waals surface area contributed by atoms with Gasteiger partial charge in [-0.1, -0.05) is 46.0 Å². The van der Waals surface area contributed by atoms with Gasteiger partial charge in [-0.2, -0.15) is 5.26 Å². The van der Waals surface area contributed by atoms with E-state index in [-0.39, 0.29) is 23.2 Å². The second-order valence-electron chi connectivity index (χ2n) is 7.78. The van der Waals surface area contributed by atoms with Crippen LogP contribution in [0.5, 0.6) is 0 Å². The van der Waals surface area contributed by atoms with Gasteiger partial charge in [0.25, 0.3) is 0 Å². The Kier molecular flexibility index (Phi) is 5.97.